The van der Waals surface area contributed by atoms with Crippen LogP contribution in [0.1, 0.15) is 24.1 Å². The van der Waals surface area contributed by atoms with E-state index in [0.717, 1.165) is 5.56 Å². The lowest BCUT2D eigenvalue weighted by Gasteiger charge is -2.06. The second kappa shape index (κ2) is 7.59. The van der Waals surface area contributed by atoms with Crippen LogP contribution in [0.5, 0.6) is 0 Å². The Morgan fingerprint density at radius 1 is 1.39 bits per heavy atom. The van der Waals surface area contributed by atoms with Crippen molar-refractivity contribution in [3.8, 4) is 0 Å². The van der Waals surface area contributed by atoms with Crippen LogP contribution in [0.2, 0.25) is 5.02 Å². The number of amides is 1. The first-order valence-corrected chi connectivity index (χ1v) is 7.34. The zero-order valence-corrected chi connectivity index (χ0v) is 13.2. The molecule has 3 N–H and O–H groups in total. The average molecular weight is 338 g/mol. The number of H-pyrrole nitrogens is 1. The number of nitrogens with one attached hydrogen (secondary N) is 3. The second-order valence-corrected chi connectivity index (χ2v) is 5.34. The molecule has 0 saturated heterocycles. The number of aromatic nitrogens is 2. The predicted octanol–water partition coefficient (Wildman–Crippen LogP) is 2.75. The van der Waals surface area contributed by atoms with E-state index in [2.05, 4.69) is 21.0 Å². The number of nitro groups is 1. The Balaban J connectivity index is 1.72. The quantitative estimate of drug-likeness (QED) is 0.531. The molecule has 0 radical (unpaired) electrons. The van der Waals surface area contributed by atoms with Gasteiger partial charge in [-0.2, -0.15) is 5.10 Å². The van der Waals surface area contributed by atoms with Gasteiger partial charge in [-0.3, -0.25) is 30.9 Å². The highest BCUT2D eigenvalue weighted by atomic mass is 35.5. The lowest BCUT2D eigenvalue weighted by atomic mass is 10.1. The molecule has 0 aliphatic carbocycles. The van der Waals surface area contributed by atoms with Crippen LogP contribution in [0.3, 0.4) is 0 Å². The van der Waals surface area contributed by atoms with Gasteiger partial charge in [-0.25, -0.2) is 0 Å². The number of non-ortho nitro benzene ring substituents is 1. The van der Waals surface area contributed by atoms with Gasteiger partial charge in [0.25, 0.3) is 5.69 Å². The van der Waals surface area contributed by atoms with Crippen LogP contribution in [0, 0.1) is 17.0 Å². The number of aromatic amines is 1. The lowest BCUT2D eigenvalue weighted by Crippen LogP contribution is -2.29. The van der Waals surface area contributed by atoms with Crippen molar-refractivity contribution in [2.45, 2.75) is 26.2 Å². The molecular formula is C14H16ClN5O3. The van der Waals surface area contributed by atoms with Crippen LogP contribution >= 0.6 is 11.6 Å². The fraction of sp³-hybridized carbons (Fsp3) is 0.286. The van der Waals surface area contributed by atoms with Crippen molar-refractivity contribution in [1.82, 2.24) is 15.6 Å². The number of nitrogens with zero attached hydrogens (tertiary/aromatic N) is 2. The summed E-state index contributed by atoms with van der Waals surface area (Å²) in [6.45, 7) is 1.77. The van der Waals surface area contributed by atoms with Crippen molar-refractivity contribution in [2.24, 2.45) is 0 Å². The minimum Gasteiger partial charge on any atom is -0.279 e. The number of hydrazine groups is 1. The monoisotopic (exact) mass is 337 g/mol. The van der Waals surface area contributed by atoms with Gasteiger partial charge in [0.05, 0.1) is 10.6 Å². The van der Waals surface area contributed by atoms with Crippen molar-refractivity contribution in [3.63, 3.8) is 0 Å². The zero-order valence-electron chi connectivity index (χ0n) is 12.4. The SMILES string of the molecule is Cc1[nH]nc(NNC(=O)CCCc2ccc([N+](=O)[O-])cc2)c1Cl. The third-order valence-electron chi connectivity index (χ3n) is 3.21. The predicted molar refractivity (Wildman–Crippen MR) is 86.1 cm³/mol. The molecule has 0 atom stereocenters. The third-order valence-corrected chi connectivity index (χ3v) is 3.67. The molecule has 1 amide bonds. The van der Waals surface area contributed by atoms with E-state index in [0.29, 0.717) is 35.8 Å². The van der Waals surface area contributed by atoms with Crippen molar-refractivity contribution in [2.75, 3.05) is 5.43 Å². The molecule has 0 fully saturated rings. The highest BCUT2D eigenvalue weighted by Gasteiger charge is 2.09. The summed E-state index contributed by atoms with van der Waals surface area (Å²) in [6.07, 6.45) is 1.59. The summed E-state index contributed by atoms with van der Waals surface area (Å²) in [5.74, 6) is 0.177. The van der Waals surface area contributed by atoms with Crippen LogP contribution in [-0.4, -0.2) is 21.0 Å². The summed E-state index contributed by atoms with van der Waals surface area (Å²) in [5, 5.41) is 17.6. The normalized spacial score (nSPS) is 10.3. The van der Waals surface area contributed by atoms with Gasteiger partial charge in [0.1, 0.15) is 5.02 Å². The first-order valence-electron chi connectivity index (χ1n) is 6.96. The van der Waals surface area contributed by atoms with Gasteiger partial charge in [0.2, 0.25) is 5.91 Å². The van der Waals surface area contributed by atoms with E-state index in [-0.39, 0.29) is 11.6 Å². The summed E-state index contributed by atoms with van der Waals surface area (Å²) in [4.78, 5) is 21.8. The third kappa shape index (κ3) is 4.68. The van der Waals surface area contributed by atoms with E-state index in [9.17, 15) is 14.9 Å². The van der Waals surface area contributed by atoms with Crippen LogP contribution in [-0.2, 0) is 11.2 Å². The first-order chi connectivity index (χ1) is 11.0. The number of hydrogen-bond acceptors (Lipinski definition) is 5. The number of hydrogen-bond donors (Lipinski definition) is 3. The molecular weight excluding hydrogens is 322 g/mol. The summed E-state index contributed by atoms with van der Waals surface area (Å²) in [7, 11) is 0. The molecule has 0 bridgehead atoms. The van der Waals surface area contributed by atoms with Crippen LogP contribution in [0.15, 0.2) is 24.3 Å². The molecule has 0 spiro atoms. The van der Waals surface area contributed by atoms with Crippen molar-refractivity contribution < 1.29 is 9.72 Å². The Labute approximate surface area is 137 Å². The van der Waals surface area contributed by atoms with Gasteiger partial charge in [-0.15, -0.1) is 0 Å². The number of carbonyl (C=O) groups excluding carboxylic acids is 1. The fourth-order valence-electron chi connectivity index (χ4n) is 1.93. The second-order valence-electron chi connectivity index (χ2n) is 4.96. The molecule has 1 heterocycles. The van der Waals surface area contributed by atoms with E-state index in [4.69, 9.17) is 11.6 Å². The Morgan fingerprint density at radius 3 is 2.65 bits per heavy atom. The Kier molecular flexibility index (Phi) is 5.53. The van der Waals surface area contributed by atoms with E-state index >= 15 is 0 Å². The number of rotatable bonds is 7. The van der Waals surface area contributed by atoms with Gasteiger partial charge in [0, 0.05) is 18.6 Å². The Hall–Kier alpha value is -2.61. The summed E-state index contributed by atoms with van der Waals surface area (Å²) in [5.41, 5.74) is 6.89. The summed E-state index contributed by atoms with van der Waals surface area (Å²) in [6, 6.07) is 6.30. The largest absolute Gasteiger partial charge is 0.279 e. The van der Waals surface area contributed by atoms with Crippen molar-refractivity contribution in [1.29, 1.82) is 0 Å². The average Bonchev–Trinajstić information content (AvgIpc) is 2.85. The van der Waals surface area contributed by atoms with E-state index < -0.39 is 4.92 Å². The highest BCUT2D eigenvalue weighted by molar-refractivity contribution is 6.33. The maximum atomic E-state index is 11.7. The maximum Gasteiger partial charge on any atom is 0.269 e. The number of halogens is 1. The van der Waals surface area contributed by atoms with Gasteiger partial charge in [0.15, 0.2) is 5.82 Å². The first kappa shape index (κ1) is 16.8. The minimum absolute atomic E-state index is 0.0573. The molecule has 0 unspecified atom stereocenters. The number of aryl methyl sites for hydroxylation is 2. The molecule has 2 rings (SSSR count). The number of nitro benzene ring substituents is 1. The van der Waals surface area contributed by atoms with Gasteiger partial charge in [-0.05, 0) is 25.3 Å². The summed E-state index contributed by atoms with van der Waals surface area (Å²) < 4.78 is 0. The topological polar surface area (TPSA) is 113 Å². The molecule has 2 aromatic rings. The molecule has 1 aromatic heterocycles. The van der Waals surface area contributed by atoms with Crippen LogP contribution in [0.4, 0.5) is 11.5 Å². The van der Waals surface area contributed by atoms with E-state index in [1.165, 1.54) is 12.1 Å². The van der Waals surface area contributed by atoms with Crippen LogP contribution < -0.4 is 10.9 Å². The fourth-order valence-corrected chi connectivity index (χ4v) is 2.06. The lowest BCUT2D eigenvalue weighted by molar-refractivity contribution is -0.384. The summed E-state index contributed by atoms with van der Waals surface area (Å²) >= 11 is 5.96. The Morgan fingerprint density at radius 2 is 2.09 bits per heavy atom. The van der Waals surface area contributed by atoms with E-state index in [1.807, 2.05) is 0 Å². The molecule has 0 aliphatic rings. The van der Waals surface area contributed by atoms with E-state index in [1.54, 1.807) is 19.1 Å². The molecule has 23 heavy (non-hydrogen) atoms. The van der Waals surface area contributed by atoms with Gasteiger partial charge in [-0.1, -0.05) is 23.7 Å². The zero-order chi connectivity index (χ0) is 16.8. The Bertz CT molecular complexity index is 699. The van der Waals surface area contributed by atoms with Gasteiger partial charge < -0.3 is 0 Å². The maximum absolute atomic E-state index is 11.7. The molecule has 122 valence electrons. The highest BCUT2D eigenvalue weighted by Crippen LogP contribution is 2.21. The van der Waals surface area contributed by atoms with Crippen LogP contribution in [0.25, 0.3) is 0 Å². The number of carbonyl (C=O) groups is 1. The molecule has 0 saturated carbocycles. The molecule has 1 aromatic carbocycles. The smallest absolute Gasteiger partial charge is 0.269 e. The number of benzene rings is 1. The molecule has 0 aliphatic heterocycles. The van der Waals surface area contributed by atoms with Crippen molar-refractivity contribution in [3.05, 3.63) is 50.7 Å². The standard InChI is InChI=1S/C14H16ClN5O3/c1-9-13(15)14(18-16-9)19-17-12(21)4-2-3-10-5-7-11(8-6-10)20(22)23/h5-8H,2-4H2,1H3,(H,17,21)(H2,16,18,19). The number of anilines is 1. The van der Waals surface area contributed by atoms with Gasteiger partial charge >= 0.3 is 0 Å². The van der Waals surface area contributed by atoms with Crippen molar-refractivity contribution >= 4 is 29.0 Å². The molecule has 8 nitrogen and oxygen atoms in total. The molecule has 9 heteroatoms. The minimum atomic E-state index is -0.440.